The lowest BCUT2D eigenvalue weighted by atomic mass is 10.2. The molecule has 2 atom stereocenters. The number of hydrogen-bond donors (Lipinski definition) is 0. The van der Waals surface area contributed by atoms with Crippen LogP contribution in [0, 0.1) is 0 Å². The molecule has 1 fully saturated rings. The highest BCUT2D eigenvalue weighted by Crippen LogP contribution is 2.37. The first kappa shape index (κ1) is 8.32. The molecular weight excluding hydrogens is 188 g/mol. The first-order chi connectivity index (χ1) is 5.88. The van der Waals surface area contributed by atoms with Crippen molar-refractivity contribution in [3.05, 3.63) is 35.9 Å². The van der Waals surface area contributed by atoms with Gasteiger partial charge in [0, 0.05) is 22.3 Å². The highest BCUT2D eigenvalue weighted by atomic mass is 32.2. The molecule has 1 saturated heterocycles. The van der Waals surface area contributed by atoms with Gasteiger partial charge in [0.05, 0.1) is 0 Å². The smallest absolute Gasteiger partial charge is 0.105 e. The van der Waals surface area contributed by atoms with Gasteiger partial charge in [-0.2, -0.15) is 0 Å². The maximum absolute atomic E-state index is 11.5. The Bertz CT molecular complexity index is 284. The third-order valence-electron chi connectivity index (χ3n) is 1.86. The molecule has 64 valence electrons. The van der Waals surface area contributed by atoms with Gasteiger partial charge in [0.25, 0.3) is 0 Å². The van der Waals surface area contributed by atoms with Crippen LogP contribution in [-0.4, -0.2) is 15.7 Å². The van der Waals surface area contributed by atoms with Crippen LogP contribution in [0.5, 0.6) is 0 Å². The minimum Gasteiger partial charge on any atom is -0.258 e. The van der Waals surface area contributed by atoms with Gasteiger partial charge in [0.15, 0.2) is 0 Å². The fraction of sp³-hybridized carbons (Fsp3) is 0.333. The molecule has 1 aromatic carbocycles. The summed E-state index contributed by atoms with van der Waals surface area (Å²) >= 11 is 1.80. The molecule has 1 heterocycles. The Morgan fingerprint density at radius 1 is 1.33 bits per heavy atom. The second kappa shape index (κ2) is 3.62. The summed E-state index contributed by atoms with van der Waals surface area (Å²) in [6, 6.07) is 10.1. The van der Waals surface area contributed by atoms with E-state index in [0.29, 0.717) is 0 Å². The third kappa shape index (κ3) is 1.57. The Hall–Kier alpha value is -0.280. The Balaban J connectivity index is 2.25. The minimum atomic E-state index is -0.649. The molecule has 1 nitrogen and oxygen atoms in total. The van der Waals surface area contributed by atoms with Gasteiger partial charge in [0.2, 0.25) is 0 Å². The number of rotatable bonds is 1. The van der Waals surface area contributed by atoms with Gasteiger partial charge in [-0.15, -0.1) is 11.8 Å². The largest absolute Gasteiger partial charge is 0.258 e. The SMILES string of the molecule is O=[S@]1CCSC1c1ccccc1. The summed E-state index contributed by atoms with van der Waals surface area (Å²) in [5.41, 5.74) is 1.21. The summed E-state index contributed by atoms with van der Waals surface area (Å²) in [4.78, 5) is 0. The molecule has 0 N–H and O–H groups in total. The summed E-state index contributed by atoms with van der Waals surface area (Å²) < 4.78 is 11.7. The topological polar surface area (TPSA) is 17.1 Å². The van der Waals surface area contributed by atoms with Crippen molar-refractivity contribution in [2.75, 3.05) is 11.5 Å². The van der Waals surface area contributed by atoms with Crippen LogP contribution in [0.15, 0.2) is 30.3 Å². The van der Waals surface area contributed by atoms with E-state index in [-0.39, 0.29) is 4.58 Å². The van der Waals surface area contributed by atoms with Gasteiger partial charge in [-0.3, -0.25) is 4.21 Å². The Labute approximate surface area is 79.0 Å². The summed E-state index contributed by atoms with van der Waals surface area (Å²) in [6.07, 6.45) is 0. The predicted molar refractivity (Wildman–Crippen MR) is 54.7 cm³/mol. The molecule has 0 radical (unpaired) electrons. The zero-order valence-electron chi connectivity index (χ0n) is 6.60. The fourth-order valence-corrected chi connectivity index (χ4v) is 4.74. The maximum Gasteiger partial charge on any atom is 0.105 e. The third-order valence-corrected chi connectivity index (χ3v) is 5.55. The first-order valence-electron chi connectivity index (χ1n) is 3.91. The van der Waals surface area contributed by atoms with E-state index in [1.165, 1.54) is 5.56 Å². The van der Waals surface area contributed by atoms with Crippen LogP contribution in [0.25, 0.3) is 0 Å². The van der Waals surface area contributed by atoms with E-state index in [4.69, 9.17) is 0 Å². The molecule has 0 saturated carbocycles. The summed E-state index contributed by atoms with van der Waals surface area (Å²) in [7, 11) is -0.649. The van der Waals surface area contributed by atoms with Crippen molar-refractivity contribution in [3.8, 4) is 0 Å². The van der Waals surface area contributed by atoms with Crippen molar-refractivity contribution in [1.29, 1.82) is 0 Å². The molecule has 0 aromatic heterocycles. The van der Waals surface area contributed by atoms with Crippen LogP contribution < -0.4 is 0 Å². The summed E-state index contributed by atoms with van der Waals surface area (Å²) in [5, 5.41) is 0. The Morgan fingerprint density at radius 3 is 2.67 bits per heavy atom. The molecular formula is C9H10OS2. The summed E-state index contributed by atoms with van der Waals surface area (Å²) in [5.74, 6) is 1.89. The molecule has 0 bridgehead atoms. The quantitative estimate of drug-likeness (QED) is 0.688. The molecule has 1 aliphatic rings. The highest BCUT2D eigenvalue weighted by molar-refractivity contribution is 8.13. The second-order valence-electron chi connectivity index (χ2n) is 2.70. The molecule has 3 heteroatoms. The molecule has 0 spiro atoms. The van der Waals surface area contributed by atoms with Gasteiger partial charge < -0.3 is 0 Å². The molecule has 1 unspecified atom stereocenters. The van der Waals surface area contributed by atoms with Crippen molar-refractivity contribution < 1.29 is 4.21 Å². The lowest BCUT2D eigenvalue weighted by Crippen LogP contribution is -1.97. The van der Waals surface area contributed by atoms with Crippen molar-refractivity contribution >= 4 is 22.6 Å². The van der Waals surface area contributed by atoms with Crippen LogP contribution in [0.1, 0.15) is 10.1 Å². The van der Waals surface area contributed by atoms with Crippen molar-refractivity contribution in [2.45, 2.75) is 4.58 Å². The predicted octanol–water partition coefficient (Wildman–Crippen LogP) is 2.18. The van der Waals surface area contributed by atoms with Crippen molar-refractivity contribution in [3.63, 3.8) is 0 Å². The van der Waals surface area contributed by atoms with Crippen LogP contribution >= 0.6 is 11.8 Å². The fourth-order valence-electron chi connectivity index (χ4n) is 1.28. The van der Waals surface area contributed by atoms with Gasteiger partial charge in [-0.1, -0.05) is 30.3 Å². The van der Waals surface area contributed by atoms with Crippen LogP contribution in [0.3, 0.4) is 0 Å². The average molecular weight is 198 g/mol. The zero-order chi connectivity index (χ0) is 8.39. The van der Waals surface area contributed by atoms with Gasteiger partial charge in [-0.25, -0.2) is 0 Å². The second-order valence-corrected chi connectivity index (χ2v) is 5.85. The molecule has 1 aliphatic heterocycles. The first-order valence-corrected chi connectivity index (χ1v) is 6.35. The zero-order valence-corrected chi connectivity index (χ0v) is 8.24. The normalized spacial score (nSPS) is 29.0. The highest BCUT2D eigenvalue weighted by Gasteiger charge is 2.24. The lowest BCUT2D eigenvalue weighted by Gasteiger charge is -2.06. The number of hydrogen-bond acceptors (Lipinski definition) is 2. The van der Waals surface area contributed by atoms with Crippen molar-refractivity contribution in [1.82, 2.24) is 0 Å². The maximum atomic E-state index is 11.5. The number of thioether (sulfide) groups is 1. The lowest BCUT2D eigenvalue weighted by molar-refractivity contribution is 0.684. The van der Waals surface area contributed by atoms with E-state index in [1.54, 1.807) is 11.8 Å². The van der Waals surface area contributed by atoms with E-state index in [9.17, 15) is 4.21 Å². The van der Waals surface area contributed by atoms with Gasteiger partial charge >= 0.3 is 0 Å². The van der Waals surface area contributed by atoms with Crippen LogP contribution in [0.4, 0.5) is 0 Å². The molecule has 2 rings (SSSR count). The molecule has 0 aliphatic carbocycles. The molecule has 12 heavy (non-hydrogen) atoms. The van der Waals surface area contributed by atoms with E-state index >= 15 is 0 Å². The van der Waals surface area contributed by atoms with E-state index < -0.39 is 10.8 Å². The van der Waals surface area contributed by atoms with Crippen LogP contribution in [-0.2, 0) is 10.8 Å². The summed E-state index contributed by atoms with van der Waals surface area (Å²) in [6.45, 7) is 0. The van der Waals surface area contributed by atoms with Crippen molar-refractivity contribution in [2.24, 2.45) is 0 Å². The van der Waals surface area contributed by atoms with Gasteiger partial charge in [-0.05, 0) is 5.56 Å². The monoisotopic (exact) mass is 198 g/mol. The van der Waals surface area contributed by atoms with E-state index in [0.717, 1.165) is 11.5 Å². The minimum absolute atomic E-state index is 0.228. The van der Waals surface area contributed by atoms with E-state index in [1.807, 2.05) is 18.2 Å². The average Bonchev–Trinajstić information content (AvgIpc) is 2.53. The molecule has 1 aromatic rings. The Kier molecular flexibility index (Phi) is 2.51. The molecule has 0 amide bonds. The van der Waals surface area contributed by atoms with Crippen LogP contribution in [0.2, 0.25) is 0 Å². The standard InChI is InChI=1S/C9H10OS2/c10-12-7-6-11-9(12)8-4-2-1-3-5-8/h1-5,9H,6-7H2/t9?,12-/m0/s1. The Morgan fingerprint density at radius 2 is 2.08 bits per heavy atom. The number of benzene rings is 1. The van der Waals surface area contributed by atoms with E-state index in [2.05, 4.69) is 12.1 Å². The van der Waals surface area contributed by atoms with Gasteiger partial charge in [0.1, 0.15) is 4.58 Å².